The Morgan fingerprint density at radius 3 is 2.74 bits per heavy atom. The van der Waals surface area contributed by atoms with E-state index in [-0.39, 0.29) is 41.7 Å². The maximum atomic E-state index is 13.2. The number of carbonyl (C=O) groups is 1. The molecule has 27 heavy (non-hydrogen) atoms. The molecule has 0 unspecified atom stereocenters. The van der Waals surface area contributed by atoms with Crippen LogP contribution in [0.1, 0.15) is 27.2 Å². The zero-order valence-electron chi connectivity index (χ0n) is 16.1. The molecule has 0 saturated heterocycles. The van der Waals surface area contributed by atoms with Crippen molar-refractivity contribution in [2.45, 2.75) is 44.2 Å². The summed E-state index contributed by atoms with van der Waals surface area (Å²) < 4.78 is 34.5. The highest BCUT2D eigenvalue weighted by Gasteiger charge is 2.38. The molecule has 0 aliphatic carbocycles. The highest BCUT2D eigenvalue weighted by molar-refractivity contribution is 9.10. The minimum absolute atomic E-state index is 0.00414. The van der Waals surface area contributed by atoms with Gasteiger partial charge in [0.15, 0.2) is 0 Å². The van der Waals surface area contributed by atoms with Crippen molar-refractivity contribution in [3.05, 3.63) is 22.7 Å². The molecule has 1 amide bonds. The second-order valence-electron chi connectivity index (χ2n) is 6.96. The largest absolute Gasteiger partial charge is 0.487 e. The standard InChI is InChI=1S/C18H27BrN2O5S/c1-5-18(23)20(4)10-16-12(2)9-21(13(3)11-22)27(24,25)17-7-6-14(19)8-15(17)26-16/h6-8,12-13,16,22H,5,9-11H2,1-4H3/t12-,13+,16-/m1/s1. The number of halogens is 1. The fraction of sp³-hybridized carbons (Fsp3) is 0.611. The minimum Gasteiger partial charge on any atom is -0.487 e. The highest BCUT2D eigenvalue weighted by atomic mass is 79.9. The Morgan fingerprint density at radius 1 is 1.48 bits per heavy atom. The number of likely N-dealkylation sites (N-methyl/N-ethyl adjacent to an activating group) is 1. The summed E-state index contributed by atoms with van der Waals surface area (Å²) in [4.78, 5) is 13.7. The summed E-state index contributed by atoms with van der Waals surface area (Å²) in [6.45, 7) is 5.62. The number of rotatable bonds is 5. The number of sulfonamides is 1. The monoisotopic (exact) mass is 462 g/mol. The summed E-state index contributed by atoms with van der Waals surface area (Å²) in [5, 5.41) is 9.58. The molecule has 0 spiro atoms. The summed E-state index contributed by atoms with van der Waals surface area (Å²) in [6.07, 6.45) is 0.00403. The Morgan fingerprint density at radius 2 is 2.15 bits per heavy atom. The number of benzene rings is 1. The van der Waals surface area contributed by atoms with Crippen LogP contribution in [0.15, 0.2) is 27.6 Å². The van der Waals surface area contributed by atoms with Crippen LogP contribution in [0.5, 0.6) is 5.75 Å². The first-order chi connectivity index (χ1) is 12.6. The lowest BCUT2D eigenvalue weighted by molar-refractivity contribution is -0.131. The fourth-order valence-corrected chi connectivity index (χ4v) is 5.22. The van der Waals surface area contributed by atoms with Gasteiger partial charge in [-0.25, -0.2) is 8.42 Å². The number of hydrogen-bond acceptors (Lipinski definition) is 5. The maximum Gasteiger partial charge on any atom is 0.247 e. The van der Waals surface area contributed by atoms with E-state index in [0.717, 1.165) is 0 Å². The molecule has 9 heteroatoms. The van der Waals surface area contributed by atoms with Gasteiger partial charge >= 0.3 is 0 Å². The van der Waals surface area contributed by atoms with Gasteiger partial charge in [-0.1, -0.05) is 29.8 Å². The molecule has 1 heterocycles. The summed E-state index contributed by atoms with van der Waals surface area (Å²) in [5.74, 6) is 0.0527. The van der Waals surface area contributed by atoms with Crippen molar-refractivity contribution in [3.63, 3.8) is 0 Å². The first-order valence-corrected chi connectivity index (χ1v) is 11.2. The summed E-state index contributed by atoms with van der Waals surface area (Å²) in [5.41, 5.74) is 0. The van der Waals surface area contributed by atoms with Crippen molar-refractivity contribution in [1.82, 2.24) is 9.21 Å². The van der Waals surface area contributed by atoms with Crippen molar-refractivity contribution in [2.24, 2.45) is 5.92 Å². The predicted molar refractivity (Wildman–Crippen MR) is 106 cm³/mol. The van der Waals surface area contributed by atoms with Crippen LogP contribution in [0, 0.1) is 5.92 Å². The molecule has 3 atom stereocenters. The van der Waals surface area contributed by atoms with Gasteiger partial charge in [0.25, 0.3) is 0 Å². The van der Waals surface area contributed by atoms with Crippen molar-refractivity contribution in [1.29, 1.82) is 0 Å². The van der Waals surface area contributed by atoms with E-state index in [1.54, 1.807) is 37.9 Å². The summed E-state index contributed by atoms with van der Waals surface area (Å²) in [7, 11) is -2.11. The van der Waals surface area contributed by atoms with Gasteiger partial charge in [0.05, 0.1) is 13.2 Å². The molecule has 0 radical (unpaired) electrons. The number of aliphatic hydroxyl groups is 1. The lowest BCUT2D eigenvalue weighted by atomic mass is 10.0. The van der Waals surface area contributed by atoms with Gasteiger partial charge in [-0.3, -0.25) is 4.79 Å². The number of ether oxygens (including phenoxy) is 1. The molecule has 0 fully saturated rings. The Kier molecular flexibility index (Phi) is 7.29. The van der Waals surface area contributed by atoms with E-state index < -0.39 is 16.1 Å². The van der Waals surface area contributed by atoms with E-state index in [9.17, 15) is 18.3 Å². The van der Waals surface area contributed by atoms with Crippen LogP contribution in [0.2, 0.25) is 0 Å². The van der Waals surface area contributed by atoms with E-state index >= 15 is 0 Å². The van der Waals surface area contributed by atoms with Crippen molar-refractivity contribution >= 4 is 31.9 Å². The van der Waals surface area contributed by atoms with Gasteiger partial charge in [0, 0.05) is 36.4 Å². The van der Waals surface area contributed by atoms with Gasteiger partial charge in [-0.2, -0.15) is 4.31 Å². The minimum atomic E-state index is -3.83. The van der Waals surface area contributed by atoms with E-state index in [4.69, 9.17) is 4.74 Å². The SMILES string of the molecule is CCC(=O)N(C)C[C@H]1Oc2cc(Br)ccc2S(=O)(=O)N([C@@H](C)CO)C[C@H]1C. The topological polar surface area (TPSA) is 87.2 Å². The Hall–Kier alpha value is -1.16. The molecule has 1 aromatic carbocycles. The van der Waals surface area contributed by atoms with Crippen LogP contribution >= 0.6 is 15.9 Å². The molecule has 2 rings (SSSR count). The van der Waals surface area contributed by atoms with Crippen molar-refractivity contribution < 1.29 is 23.1 Å². The quantitative estimate of drug-likeness (QED) is 0.723. The normalized spacial score (nSPS) is 23.5. The molecule has 1 aliphatic rings. The van der Waals surface area contributed by atoms with Gasteiger partial charge in [-0.05, 0) is 25.1 Å². The molecule has 0 aromatic heterocycles. The third-order valence-corrected chi connectivity index (χ3v) is 7.32. The molecular formula is C18H27BrN2O5S. The average molecular weight is 463 g/mol. The first-order valence-electron chi connectivity index (χ1n) is 8.94. The van der Waals surface area contributed by atoms with E-state index in [0.29, 0.717) is 17.4 Å². The van der Waals surface area contributed by atoms with Crippen LogP contribution in [-0.4, -0.2) is 67.5 Å². The molecule has 1 aromatic rings. The maximum absolute atomic E-state index is 13.2. The number of hydrogen-bond donors (Lipinski definition) is 1. The highest BCUT2D eigenvalue weighted by Crippen LogP contribution is 2.35. The number of fused-ring (bicyclic) bond motifs is 1. The van der Waals surface area contributed by atoms with Gasteiger partial charge in [0.1, 0.15) is 16.7 Å². The number of amides is 1. The second-order valence-corrected chi connectivity index (χ2v) is 9.73. The third kappa shape index (κ3) is 4.82. The second kappa shape index (κ2) is 8.89. The number of aliphatic hydroxyl groups excluding tert-OH is 1. The molecule has 0 bridgehead atoms. The third-order valence-electron chi connectivity index (χ3n) is 4.81. The fourth-order valence-electron chi connectivity index (χ4n) is 3.06. The zero-order valence-corrected chi connectivity index (χ0v) is 18.5. The van der Waals surface area contributed by atoms with Crippen molar-refractivity contribution in [3.8, 4) is 5.75 Å². The first kappa shape index (κ1) is 22.1. The molecule has 1 aliphatic heterocycles. The molecule has 7 nitrogen and oxygen atoms in total. The molecule has 1 N–H and O–H groups in total. The van der Waals surface area contributed by atoms with E-state index in [1.165, 1.54) is 10.4 Å². The van der Waals surface area contributed by atoms with Gasteiger partial charge < -0.3 is 14.7 Å². The predicted octanol–water partition coefficient (Wildman–Crippen LogP) is 2.09. The van der Waals surface area contributed by atoms with Crippen LogP contribution in [0.25, 0.3) is 0 Å². The smallest absolute Gasteiger partial charge is 0.247 e. The Balaban J connectivity index is 2.51. The van der Waals surface area contributed by atoms with E-state index in [2.05, 4.69) is 15.9 Å². The lowest BCUT2D eigenvalue weighted by Crippen LogP contribution is -2.50. The molecule has 0 saturated carbocycles. The Labute approximate surface area is 169 Å². The lowest BCUT2D eigenvalue weighted by Gasteiger charge is -2.37. The van der Waals surface area contributed by atoms with Crippen LogP contribution < -0.4 is 4.74 Å². The summed E-state index contributed by atoms with van der Waals surface area (Å²) >= 11 is 3.36. The van der Waals surface area contributed by atoms with Crippen molar-refractivity contribution in [2.75, 3.05) is 26.7 Å². The summed E-state index contributed by atoms with van der Waals surface area (Å²) in [6, 6.07) is 4.21. The number of carbonyl (C=O) groups excluding carboxylic acids is 1. The average Bonchev–Trinajstić information content (AvgIpc) is 2.62. The molecule has 152 valence electrons. The number of nitrogens with zero attached hydrogens (tertiary/aromatic N) is 2. The Bertz CT molecular complexity index is 786. The van der Waals surface area contributed by atoms with Crippen LogP contribution in [0.4, 0.5) is 0 Å². The van der Waals surface area contributed by atoms with Crippen LogP contribution in [0.3, 0.4) is 0 Å². The van der Waals surface area contributed by atoms with Crippen LogP contribution in [-0.2, 0) is 14.8 Å². The zero-order chi connectivity index (χ0) is 20.4. The van der Waals surface area contributed by atoms with Gasteiger partial charge in [0.2, 0.25) is 15.9 Å². The van der Waals surface area contributed by atoms with Gasteiger partial charge in [-0.15, -0.1) is 0 Å². The van der Waals surface area contributed by atoms with E-state index in [1.807, 2.05) is 6.92 Å². The molecular weight excluding hydrogens is 436 g/mol.